The fourth-order valence-electron chi connectivity index (χ4n) is 2.70. The van der Waals surface area contributed by atoms with E-state index < -0.39 is 16.7 Å². The van der Waals surface area contributed by atoms with E-state index in [0.29, 0.717) is 24.2 Å². The molecule has 0 aliphatic carbocycles. The topological polar surface area (TPSA) is 46.4 Å². The van der Waals surface area contributed by atoms with Crippen LogP contribution in [0.2, 0.25) is 0 Å². The van der Waals surface area contributed by atoms with Crippen molar-refractivity contribution in [3.63, 3.8) is 0 Å². The molecule has 2 aromatic carbocycles. The summed E-state index contributed by atoms with van der Waals surface area (Å²) in [6.45, 7) is 0.417. The van der Waals surface area contributed by atoms with E-state index in [0.717, 1.165) is 6.07 Å². The zero-order chi connectivity index (χ0) is 15.9. The summed E-state index contributed by atoms with van der Waals surface area (Å²) >= 11 is 0. The lowest BCUT2D eigenvalue weighted by Gasteiger charge is -2.23. The molecule has 0 saturated heterocycles. The molecule has 4 nitrogen and oxygen atoms in total. The molecule has 0 unspecified atom stereocenters. The van der Waals surface area contributed by atoms with E-state index in [4.69, 9.17) is 0 Å². The molecule has 1 aliphatic heterocycles. The van der Waals surface area contributed by atoms with Gasteiger partial charge in [-0.25, -0.2) is 0 Å². The van der Waals surface area contributed by atoms with Gasteiger partial charge in [0.25, 0.3) is 5.69 Å². The van der Waals surface area contributed by atoms with E-state index in [-0.39, 0.29) is 11.4 Å². The number of benzene rings is 2. The predicted octanol–water partition coefficient (Wildman–Crippen LogP) is 4.31. The van der Waals surface area contributed by atoms with Crippen LogP contribution in [0.3, 0.4) is 0 Å². The lowest BCUT2D eigenvalue weighted by molar-refractivity contribution is -0.384. The number of nitro benzene ring substituents is 1. The maximum Gasteiger partial charge on any atom is 0.418 e. The van der Waals surface area contributed by atoms with Gasteiger partial charge in [0.1, 0.15) is 0 Å². The molecule has 0 radical (unpaired) electrons. The van der Waals surface area contributed by atoms with Gasteiger partial charge in [-0.2, -0.15) is 13.2 Å². The Morgan fingerprint density at radius 2 is 1.77 bits per heavy atom. The van der Waals surface area contributed by atoms with Crippen LogP contribution in [0.25, 0.3) is 0 Å². The summed E-state index contributed by atoms with van der Waals surface area (Å²) < 4.78 is 39.6. The first-order valence-electron chi connectivity index (χ1n) is 6.59. The van der Waals surface area contributed by atoms with Crippen molar-refractivity contribution in [2.75, 3.05) is 11.4 Å². The van der Waals surface area contributed by atoms with E-state index in [1.165, 1.54) is 30.3 Å². The highest BCUT2D eigenvalue weighted by Crippen LogP contribution is 2.44. The third kappa shape index (κ3) is 2.38. The Morgan fingerprint density at radius 1 is 1.09 bits per heavy atom. The Bertz CT molecular complexity index is 727. The zero-order valence-electron chi connectivity index (χ0n) is 11.3. The molecule has 3 rings (SSSR count). The summed E-state index contributed by atoms with van der Waals surface area (Å²) in [6, 6.07) is 9.67. The minimum atomic E-state index is -4.44. The third-order valence-electron chi connectivity index (χ3n) is 3.67. The number of halogens is 3. The third-order valence-corrected chi connectivity index (χ3v) is 3.67. The number of fused-ring (bicyclic) bond motifs is 1. The quantitative estimate of drug-likeness (QED) is 0.613. The van der Waals surface area contributed by atoms with Crippen molar-refractivity contribution in [1.29, 1.82) is 0 Å². The highest BCUT2D eigenvalue weighted by atomic mass is 19.4. The first-order chi connectivity index (χ1) is 10.4. The number of nitro groups is 1. The second-order valence-corrected chi connectivity index (χ2v) is 4.99. The van der Waals surface area contributed by atoms with Crippen LogP contribution in [-0.2, 0) is 12.6 Å². The number of hydrogen-bond donors (Lipinski definition) is 0. The molecular formula is C15H11F3N2O2. The van der Waals surface area contributed by atoms with Gasteiger partial charge in [-0.15, -0.1) is 0 Å². The largest absolute Gasteiger partial charge is 0.418 e. The van der Waals surface area contributed by atoms with Crippen molar-refractivity contribution >= 4 is 17.1 Å². The van der Waals surface area contributed by atoms with Crippen LogP contribution in [0.5, 0.6) is 0 Å². The molecule has 0 bridgehead atoms. The smallest absolute Gasteiger partial charge is 0.340 e. The Morgan fingerprint density at radius 3 is 2.36 bits per heavy atom. The van der Waals surface area contributed by atoms with Crippen molar-refractivity contribution < 1.29 is 18.1 Å². The number of hydrogen-bond acceptors (Lipinski definition) is 3. The average molecular weight is 308 g/mol. The Labute approximate surface area is 123 Å². The first kappa shape index (κ1) is 14.4. The molecule has 7 heteroatoms. The van der Waals surface area contributed by atoms with Gasteiger partial charge in [0.05, 0.1) is 16.2 Å². The summed E-state index contributed by atoms with van der Waals surface area (Å²) in [4.78, 5) is 11.7. The van der Waals surface area contributed by atoms with Gasteiger partial charge in [0.15, 0.2) is 0 Å². The zero-order valence-corrected chi connectivity index (χ0v) is 11.3. The highest BCUT2D eigenvalue weighted by molar-refractivity contribution is 5.74. The number of alkyl halides is 3. The van der Waals surface area contributed by atoms with Crippen molar-refractivity contribution in [3.8, 4) is 0 Å². The van der Waals surface area contributed by atoms with E-state index in [1.54, 1.807) is 11.0 Å². The minimum absolute atomic E-state index is 0.0905. The van der Waals surface area contributed by atoms with Crippen LogP contribution in [0.15, 0.2) is 42.5 Å². The molecule has 2 aromatic rings. The molecule has 114 valence electrons. The minimum Gasteiger partial charge on any atom is -0.340 e. The Kier molecular flexibility index (Phi) is 3.27. The monoisotopic (exact) mass is 308 g/mol. The molecular weight excluding hydrogens is 297 g/mol. The molecule has 0 atom stereocenters. The van der Waals surface area contributed by atoms with Crippen molar-refractivity contribution in [1.82, 2.24) is 0 Å². The fraction of sp³-hybridized carbons (Fsp3) is 0.200. The molecule has 22 heavy (non-hydrogen) atoms. The van der Waals surface area contributed by atoms with Crippen molar-refractivity contribution in [2.24, 2.45) is 0 Å². The van der Waals surface area contributed by atoms with Crippen LogP contribution in [-0.4, -0.2) is 11.5 Å². The maximum absolute atomic E-state index is 13.2. The van der Waals surface area contributed by atoms with Gasteiger partial charge in [-0.1, -0.05) is 12.1 Å². The normalized spacial score (nSPS) is 14.0. The molecule has 0 N–H and O–H groups in total. The Hall–Kier alpha value is -2.57. The molecule has 0 aromatic heterocycles. The molecule has 0 spiro atoms. The SMILES string of the molecule is O=[N+]([O-])c1ccc(N2CCc3cccc(C(F)(F)F)c32)cc1. The van der Waals surface area contributed by atoms with Gasteiger partial charge in [-0.3, -0.25) is 10.1 Å². The summed E-state index contributed by atoms with van der Waals surface area (Å²) in [5.41, 5.74) is 0.520. The molecule has 1 aliphatic rings. The Balaban J connectivity index is 2.05. The van der Waals surface area contributed by atoms with Crippen LogP contribution < -0.4 is 4.90 Å². The van der Waals surface area contributed by atoms with Crippen molar-refractivity contribution in [2.45, 2.75) is 12.6 Å². The van der Waals surface area contributed by atoms with E-state index in [1.807, 2.05) is 0 Å². The standard InChI is InChI=1S/C15H11F3N2O2/c16-15(17,18)13-3-1-2-10-8-9-19(14(10)13)11-4-6-12(7-5-11)20(21)22/h1-7H,8-9H2. The van der Waals surface area contributed by atoms with E-state index >= 15 is 0 Å². The lowest BCUT2D eigenvalue weighted by Crippen LogP contribution is -2.17. The summed E-state index contributed by atoms with van der Waals surface area (Å²) in [5, 5.41) is 10.7. The highest BCUT2D eigenvalue weighted by Gasteiger charge is 2.38. The van der Waals surface area contributed by atoms with Gasteiger partial charge >= 0.3 is 6.18 Å². The number of rotatable bonds is 2. The van der Waals surface area contributed by atoms with Crippen LogP contribution in [0.1, 0.15) is 11.1 Å². The van der Waals surface area contributed by atoms with Gasteiger partial charge in [0.2, 0.25) is 0 Å². The summed E-state index contributed by atoms with van der Waals surface area (Å²) in [5.74, 6) is 0. The maximum atomic E-state index is 13.2. The molecule has 0 amide bonds. The predicted molar refractivity (Wildman–Crippen MR) is 75.3 cm³/mol. The number of anilines is 2. The fourth-order valence-corrected chi connectivity index (χ4v) is 2.70. The van der Waals surface area contributed by atoms with Gasteiger partial charge in [-0.05, 0) is 30.2 Å². The summed E-state index contributed by atoms with van der Waals surface area (Å²) in [6.07, 6.45) is -3.93. The van der Waals surface area contributed by atoms with Crippen LogP contribution >= 0.6 is 0 Å². The second kappa shape index (κ2) is 5.01. The van der Waals surface area contributed by atoms with Crippen LogP contribution in [0.4, 0.5) is 30.2 Å². The summed E-state index contributed by atoms with van der Waals surface area (Å²) in [7, 11) is 0. The molecule has 0 saturated carbocycles. The van der Waals surface area contributed by atoms with Gasteiger partial charge in [0, 0.05) is 24.4 Å². The average Bonchev–Trinajstić information content (AvgIpc) is 2.90. The van der Waals surface area contributed by atoms with E-state index in [2.05, 4.69) is 0 Å². The number of nitrogens with zero attached hydrogens (tertiary/aromatic N) is 2. The lowest BCUT2D eigenvalue weighted by atomic mass is 10.1. The number of para-hydroxylation sites is 1. The van der Waals surface area contributed by atoms with Crippen molar-refractivity contribution in [3.05, 3.63) is 63.7 Å². The van der Waals surface area contributed by atoms with E-state index in [9.17, 15) is 23.3 Å². The first-order valence-corrected chi connectivity index (χ1v) is 6.59. The molecule has 0 fully saturated rings. The number of non-ortho nitro benzene ring substituents is 1. The van der Waals surface area contributed by atoms with Gasteiger partial charge < -0.3 is 4.90 Å². The second-order valence-electron chi connectivity index (χ2n) is 4.99. The molecule has 1 heterocycles. The van der Waals surface area contributed by atoms with Crippen LogP contribution in [0, 0.1) is 10.1 Å².